The van der Waals surface area contributed by atoms with Crippen LogP contribution in [0.25, 0.3) is 0 Å². The highest BCUT2D eigenvalue weighted by Crippen LogP contribution is 2.33. The second-order valence-corrected chi connectivity index (χ2v) is 4.41. The number of hydrogen-bond acceptors (Lipinski definition) is 2. The zero-order chi connectivity index (χ0) is 11.5. The Labute approximate surface area is 94.9 Å². The van der Waals surface area contributed by atoms with Gasteiger partial charge in [-0.3, -0.25) is 13.9 Å². The zero-order valence-corrected chi connectivity index (χ0v) is 9.69. The summed E-state index contributed by atoms with van der Waals surface area (Å²) in [5.41, 5.74) is 0.0754. The van der Waals surface area contributed by atoms with E-state index in [9.17, 15) is 9.59 Å². The summed E-state index contributed by atoms with van der Waals surface area (Å²) >= 11 is 0. The smallest absolute Gasteiger partial charge is 0.300 e. The molecule has 0 aromatic carbocycles. The van der Waals surface area contributed by atoms with Crippen LogP contribution in [0, 0.1) is 0 Å². The molecule has 0 atom stereocenters. The molecular weight excluding hydrogens is 204 g/mol. The summed E-state index contributed by atoms with van der Waals surface area (Å²) in [6.07, 6.45) is 7.88. The first-order valence-corrected chi connectivity index (χ1v) is 6.01. The second-order valence-electron chi connectivity index (χ2n) is 4.41. The van der Waals surface area contributed by atoms with Gasteiger partial charge in [0.2, 0.25) is 0 Å². The van der Waals surface area contributed by atoms with Crippen LogP contribution in [0.5, 0.6) is 0 Å². The molecule has 0 spiro atoms. The van der Waals surface area contributed by atoms with E-state index in [0.29, 0.717) is 25.4 Å². The Morgan fingerprint density at radius 3 is 2.81 bits per heavy atom. The normalized spacial score (nSPS) is 15.3. The van der Waals surface area contributed by atoms with Crippen molar-refractivity contribution in [3.63, 3.8) is 0 Å². The van der Waals surface area contributed by atoms with Gasteiger partial charge >= 0.3 is 5.69 Å². The lowest BCUT2D eigenvalue weighted by Crippen LogP contribution is -2.23. The van der Waals surface area contributed by atoms with Crippen molar-refractivity contribution in [2.45, 2.75) is 51.6 Å². The number of hydrogen-bond donors (Lipinski definition) is 0. The first-order chi connectivity index (χ1) is 7.72. The summed E-state index contributed by atoms with van der Waals surface area (Å²) in [6, 6.07) is 0.436. The van der Waals surface area contributed by atoms with Crippen LogP contribution in [-0.4, -0.2) is 14.9 Å². The van der Waals surface area contributed by atoms with Crippen LogP contribution in [0.4, 0.5) is 0 Å². The molecule has 0 bridgehead atoms. The average molecular weight is 222 g/mol. The fourth-order valence-corrected chi connectivity index (χ4v) is 1.85. The molecule has 16 heavy (non-hydrogen) atoms. The van der Waals surface area contributed by atoms with Crippen molar-refractivity contribution < 1.29 is 4.79 Å². The highest BCUT2D eigenvalue weighted by atomic mass is 16.1. The quantitative estimate of drug-likeness (QED) is 0.736. The van der Waals surface area contributed by atoms with Gasteiger partial charge in [-0.2, -0.15) is 0 Å². The van der Waals surface area contributed by atoms with Gasteiger partial charge in [0.15, 0.2) is 0 Å². The zero-order valence-electron chi connectivity index (χ0n) is 9.69. The molecule has 2 rings (SSSR count). The molecule has 4 heteroatoms. The minimum Gasteiger partial charge on any atom is -0.300 e. The SMILES string of the molecule is CCC(=O)CCCn1ccn(C2CC2)c1=O. The molecule has 0 saturated heterocycles. The van der Waals surface area contributed by atoms with Crippen molar-refractivity contribution in [1.82, 2.24) is 9.13 Å². The van der Waals surface area contributed by atoms with E-state index in [1.165, 1.54) is 0 Å². The predicted molar refractivity (Wildman–Crippen MR) is 61.5 cm³/mol. The Balaban J connectivity index is 1.89. The molecule has 0 aliphatic heterocycles. The molecule has 88 valence electrons. The van der Waals surface area contributed by atoms with Crippen LogP contribution >= 0.6 is 0 Å². The Morgan fingerprint density at radius 1 is 1.44 bits per heavy atom. The van der Waals surface area contributed by atoms with E-state index < -0.39 is 0 Å². The van der Waals surface area contributed by atoms with Gasteiger partial charge in [0.25, 0.3) is 0 Å². The fraction of sp³-hybridized carbons (Fsp3) is 0.667. The lowest BCUT2D eigenvalue weighted by Gasteiger charge is -2.00. The van der Waals surface area contributed by atoms with Gasteiger partial charge in [-0.1, -0.05) is 6.92 Å². The topological polar surface area (TPSA) is 44.0 Å². The number of aromatic nitrogens is 2. The number of ketones is 1. The molecule has 0 radical (unpaired) electrons. The fourth-order valence-electron chi connectivity index (χ4n) is 1.85. The first-order valence-electron chi connectivity index (χ1n) is 6.01. The Kier molecular flexibility index (Phi) is 3.27. The number of carbonyl (C=O) groups is 1. The predicted octanol–water partition coefficient (Wildman–Crippen LogP) is 1.74. The molecule has 1 aromatic heterocycles. The van der Waals surface area contributed by atoms with Gasteiger partial charge in [-0.05, 0) is 19.3 Å². The minimum atomic E-state index is 0.0754. The van der Waals surface area contributed by atoms with E-state index in [4.69, 9.17) is 0 Å². The van der Waals surface area contributed by atoms with E-state index in [0.717, 1.165) is 19.3 Å². The lowest BCUT2D eigenvalue weighted by molar-refractivity contribution is -0.118. The molecule has 1 aliphatic rings. The molecule has 4 nitrogen and oxygen atoms in total. The number of carbonyl (C=O) groups excluding carboxylic acids is 1. The van der Waals surface area contributed by atoms with Crippen LogP contribution in [0.1, 0.15) is 45.1 Å². The molecule has 1 heterocycles. The summed E-state index contributed by atoms with van der Waals surface area (Å²) in [5.74, 6) is 0.273. The van der Waals surface area contributed by atoms with E-state index in [2.05, 4.69) is 0 Å². The van der Waals surface area contributed by atoms with Crippen molar-refractivity contribution in [1.29, 1.82) is 0 Å². The summed E-state index contributed by atoms with van der Waals surface area (Å²) in [7, 11) is 0. The number of rotatable bonds is 6. The van der Waals surface area contributed by atoms with E-state index in [-0.39, 0.29) is 11.5 Å². The highest BCUT2D eigenvalue weighted by molar-refractivity contribution is 5.77. The van der Waals surface area contributed by atoms with Crippen molar-refractivity contribution in [2.75, 3.05) is 0 Å². The van der Waals surface area contributed by atoms with Gasteiger partial charge in [0, 0.05) is 37.8 Å². The first kappa shape index (κ1) is 11.2. The van der Waals surface area contributed by atoms with Gasteiger partial charge in [-0.15, -0.1) is 0 Å². The Morgan fingerprint density at radius 2 is 2.19 bits per heavy atom. The van der Waals surface area contributed by atoms with Crippen LogP contribution in [-0.2, 0) is 11.3 Å². The molecule has 1 saturated carbocycles. The van der Waals surface area contributed by atoms with Gasteiger partial charge in [0.1, 0.15) is 5.78 Å². The van der Waals surface area contributed by atoms with Gasteiger partial charge < -0.3 is 0 Å². The van der Waals surface area contributed by atoms with Crippen molar-refractivity contribution >= 4 is 5.78 Å². The largest absolute Gasteiger partial charge is 0.328 e. The van der Waals surface area contributed by atoms with E-state index >= 15 is 0 Å². The third-order valence-corrected chi connectivity index (χ3v) is 3.06. The molecule has 1 aromatic rings. The number of Topliss-reactive ketones (excluding diaryl/α,β-unsaturated/α-hetero) is 1. The lowest BCUT2D eigenvalue weighted by atomic mass is 10.2. The average Bonchev–Trinajstić information content (AvgIpc) is 3.05. The Hall–Kier alpha value is -1.32. The maximum absolute atomic E-state index is 11.8. The van der Waals surface area contributed by atoms with Crippen molar-refractivity contribution in [2.24, 2.45) is 0 Å². The monoisotopic (exact) mass is 222 g/mol. The summed E-state index contributed by atoms with van der Waals surface area (Å²) in [4.78, 5) is 23.0. The summed E-state index contributed by atoms with van der Waals surface area (Å²) in [5, 5.41) is 0. The minimum absolute atomic E-state index is 0.0754. The number of nitrogens with zero attached hydrogens (tertiary/aromatic N) is 2. The standard InChI is InChI=1S/C12H18N2O2/c1-2-11(15)4-3-7-13-8-9-14(12(13)16)10-5-6-10/h8-10H,2-7H2,1H3. The Bertz CT molecular complexity index is 426. The third kappa shape index (κ3) is 2.43. The van der Waals surface area contributed by atoms with Gasteiger partial charge in [0.05, 0.1) is 0 Å². The molecule has 1 aliphatic carbocycles. The summed E-state index contributed by atoms with van der Waals surface area (Å²) < 4.78 is 3.52. The van der Waals surface area contributed by atoms with E-state index in [1.54, 1.807) is 4.57 Å². The second kappa shape index (κ2) is 4.68. The van der Waals surface area contributed by atoms with Crippen LogP contribution in [0.2, 0.25) is 0 Å². The third-order valence-electron chi connectivity index (χ3n) is 3.06. The number of aryl methyl sites for hydroxylation is 1. The molecule has 0 N–H and O–H groups in total. The number of imidazole rings is 1. The molecule has 0 amide bonds. The van der Waals surface area contributed by atoms with E-state index in [1.807, 2.05) is 23.9 Å². The van der Waals surface area contributed by atoms with Crippen LogP contribution in [0.3, 0.4) is 0 Å². The maximum Gasteiger partial charge on any atom is 0.328 e. The highest BCUT2D eigenvalue weighted by Gasteiger charge is 2.25. The maximum atomic E-state index is 11.8. The molecule has 0 unspecified atom stereocenters. The van der Waals surface area contributed by atoms with Crippen molar-refractivity contribution in [3.05, 3.63) is 22.9 Å². The molecular formula is C12H18N2O2. The van der Waals surface area contributed by atoms with Gasteiger partial charge in [-0.25, -0.2) is 4.79 Å². The van der Waals surface area contributed by atoms with Crippen molar-refractivity contribution in [3.8, 4) is 0 Å². The molecule has 1 fully saturated rings. The van der Waals surface area contributed by atoms with Crippen LogP contribution < -0.4 is 5.69 Å². The van der Waals surface area contributed by atoms with Crippen LogP contribution in [0.15, 0.2) is 17.2 Å². The summed E-state index contributed by atoms with van der Waals surface area (Å²) in [6.45, 7) is 2.53.